The number of nitrogens with one attached hydrogen (secondary N) is 3. The van der Waals surface area contributed by atoms with Gasteiger partial charge < -0.3 is 30.9 Å². The van der Waals surface area contributed by atoms with Crippen molar-refractivity contribution in [2.45, 2.75) is 26.3 Å². The molecule has 0 aromatic heterocycles. The van der Waals surface area contributed by atoms with Crippen molar-refractivity contribution in [3.05, 3.63) is 57.0 Å². The molecule has 6 N–H and O–H groups in total. The van der Waals surface area contributed by atoms with Crippen LogP contribution in [0.4, 0.5) is 10.5 Å². The van der Waals surface area contributed by atoms with Gasteiger partial charge in [-0.1, -0.05) is 17.7 Å². The highest BCUT2D eigenvalue weighted by Gasteiger charge is 2.24. The van der Waals surface area contributed by atoms with E-state index in [9.17, 15) is 24.3 Å². The summed E-state index contributed by atoms with van der Waals surface area (Å²) in [6, 6.07) is 7.88. The zero-order chi connectivity index (χ0) is 28.2. The van der Waals surface area contributed by atoms with Crippen LogP contribution >= 0.6 is 27.5 Å². The summed E-state index contributed by atoms with van der Waals surface area (Å²) in [6.45, 7) is 3.12. The molecule has 1 unspecified atom stereocenters. The van der Waals surface area contributed by atoms with Crippen molar-refractivity contribution in [3.63, 3.8) is 0 Å². The van der Waals surface area contributed by atoms with Crippen LogP contribution in [0.5, 0.6) is 5.75 Å². The summed E-state index contributed by atoms with van der Waals surface area (Å²) in [4.78, 5) is 52.8. The molecule has 12 nitrogen and oxygen atoms in total. The minimum absolute atomic E-state index is 0.133. The molecule has 2 aromatic rings. The second-order valence-electron chi connectivity index (χ2n) is 7.53. The van der Waals surface area contributed by atoms with Crippen molar-refractivity contribution in [2.75, 3.05) is 19.8 Å². The summed E-state index contributed by atoms with van der Waals surface area (Å²) in [6.07, 6.45) is -1.05. The normalized spacial score (nSPS) is 11.7. The van der Waals surface area contributed by atoms with Crippen molar-refractivity contribution in [3.8, 4) is 5.75 Å². The minimum atomic E-state index is -0.985. The second-order valence-corrected chi connectivity index (χ2v) is 8.82. The van der Waals surface area contributed by atoms with Gasteiger partial charge in [0.25, 0.3) is 5.91 Å². The van der Waals surface area contributed by atoms with Crippen molar-refractivity contribution in [1.82, 2.24) is 16.0 Å². The standard InChI is InChI=1S/C24H27BrClN5O7/c1-3-37-20(33)11-18(16-9-14(26)10-17(25)21(16)34)30-19(32)12-28-22(35)13-6-5-7-15(8-13)29-23(27)31-24(36)38-4-2/h5-10,18,34H,3-4,11-12H2,1-2H3,(H,28,35)(H,30,32)(H3,27,29,31,36). The first-order valence-corrected chi connectivity index (χ1v) is 12.5. The van der Waals surface area contributed by atoms with Crippen LogP contribution in [0.25, 0.3) is 0 Å². The van der Waals surface area contributed by atoms with E-state index >= 15 is 0 Å². The van der Waals surface area contributed by atoms with Crippen LogP contribution in [0.3, 0.4) is 0 Å². The third kappa shape index (κ3) is 9.56. The smallest absolute Gasteiger partial charge is 0.413 e. The highest BCUT2D eigenvalue weighted by molar-refractivity contribution is 9.10. The molecule has 38 heavy (non-hydrogen) atoms. The molecule has 14 heteroatoms. The minimum Gasteiger partial charge on any atom is -0.506 e. The predicted molar refractivity (Wildman–Crippen MR) is 143 cm³/mol. The number of guanidine groups is 1. The third-order valence-corrected chi connectivity index (χ3v) is 5.54. The van der Waals surface area contributed by atoms with Gasteiger partial charge in [-0.2, -0.15) is 0 Å². The molecule has 0 fully saturated rings. The molecule has 0 spiro atoms. The van der Waals surface area contributed by atoms with E-state index in [0.717, 1.165) is 0 Å². The Morgan fingerprint density at radius 1 is 1.13 bits per heavy atom. The fourth-order valence-corrected chi connectivity index (χ4v) is 3.97. The van der Waals surface area contributed by atoms with Crippen LogP contribution in [0.1, 0.15) is 42.2 Å². The Kier molecular flexibility index (Phi) is 11.8. The Morgan fingerprint density at radius 3 is 2.53 bits per heavy atom. The molecule has 2 aromatic carbocycles. The number of phenolic OH excluding ortho intramolecular Hbond substituents is 1. The molecule has 1 atom stereocenters. The van der Waals surface area contributed by atoms with Gasteiger partial charge in [-0.3, -0.25) is 19.7 Å². The average Bonchev–Trinajstić information content (AvgIpc) is 2.84. The highest BCUT2D eigenvalue weighted by atomic mass is 79.9. The lowest BCUT2D eigenvalue weighted by Gasteiger charge is -2.20. The number of rotatable bonds is 10. The van der Waals surface area contributed by atoms with Gasteiger partial charge >= 0.3 is 12.1 Å². The quantitative estimate of drug-likeness (QED) is 0.154. The number of carbonyl (C=O) groups is 4. The number of phenols is 1. The fourth-order valence-electron chi connectivity index (χ4n) is 3.14. The molecule has 0 heterocycles. The van der Waals surface area contributed by atoms with E-state index in [1.54, 1.807) is 26.0 Å². The number of nitrogens with two attached hydrogens (primary N) is 1. The highest BCUT2D eigenvalue weighted by Crippen LogP contribution is 2.36. The average molecular weight is 613 g/mol. The maximum absolute atomic E-state index is 12.7. The fraction of sp³-hybridized carbons (Fsp3) is 0.292. The Balaban J connectivity index is 2.09. The number of nitrogens with zero attached hydrogens (tertiary/aromatic N) is 1. The van der Waals surface area contributed by atoms with Crippen LogP contribution in [-0.4, -0.2) is 54.7 Å². The number of amides is 3. The van der Waals surface area contributed by atoms with E-state index in [-0.39, 0.29) is 57.7 Å². The van der Waals surface area contributed by atoms with E-state index in [4.69, 9.17) is 26.8 Å². The van der Waals surface area contributed by atoms with Gasteiger partial charge in [0, 0.05) is 16.1 Å². The van der Waals surface area contributed by atoms with Crippen molar-refractivity contribution in [2.24, 2.45) is 10.7 Å². The third-order valence-electron chi connectivity index (χ3n) is 4.72. The van der Waals surface area contributed by atoms with Gasteiger partial charge in [0.1, 0.15) is 5.75 Å². The number of benzene rings is 2. The zero-order valence-electron chi connectivity index (χ0n) is 20.5. The molecule has 204 valence electrons. The van der Waals surface area contributed by atoms with Gasteiger partial charge in [0.15, 0.2) is 0 Å². The molecule has 0 aliphatic rings. The van der Waals surface area contributed by atoms with E-state index < -0.39 is 36.5 Å². The number of carbonyl (C=O) groups excluding carboxylic acids is 4. The number of aromatic hydroxyl groups is 1. The summed E-state index contributed by atoms with van der Waals surface area (Å²) >= 11 is 9.26. The first kappa shape index (κ1) is 30.4. The number of esters is 1. The van der Waals surface area contributed by atoms with E-state index in [1.807, 2.05) is 0 Å². The lowest BCUT2D eigenvalue weighted by Crippen LogP contribution is -2.39. The summed E-state index contributed by atoms with van der Waals surface area (Å²) in [5.41, 5.74) is 6.29. The molecule has 3 amide bonds. The maximum Gasteiger partial charge on any atom is 0.413 e. The summed E-state index contributed by atoms with van der Waals surface area (Å²) in [7, 11) is 0. The van der Waals surface area contributed by atoms with Crippen LogP contribution in [0.2, 0.25) is 5.02 Å². The summed E-state index contributed by atoms with van der Waals surface area (Å²) in [5, 5.41) is 18.0. The monoisotopic (exact) mass is 611 g/mol. The molecule has 0 aliphatic heterocycles. The molecular formula is C24H27BrClN5O7. The van der Waals surface area contributed by atoms with Gasteiger partial charge in [0.05, 0.1) is 42.4 Å². The number of alkyl carbamates (subject to hydrolysis) is 1. The Hall–Kier alpha value is -3.84. The number of hydrogen-bond acceptors (Lipinski definition) is 8. The Morgan fingerprint density at radius 2 is 1.84 bits per heavy atom. The van der Waals surface area contributed by atoms with E-state index in [0.29, 0.717) is 0 Å². The molecular weight excluding hydrogens is 586 g/mol. The number of hydrogen-bond donors (Lipinski definition) is 5. The first-order chi connectivity index (χ1) is 18.0. The van der Waals surface area contributed by atoms with Gasteiger partial charge in [-0.25, -0.2) is 9.79 Å². The van der Waals surface area contributed by atoms with E-state index in [2.05, 4.69) is 36.9 Å². The number of aliphatic imine (C=N–C) groups is 1. The zero-order valence-corrected chi connectivity index (χ0v) is 22.9. The molecule has 0 aliphatic carbocycles. The molecule has 0 bridgehead atoms. The van der Waals surface area contributed by atoms with Crippen molar-refractivity contribution in [1.29, 1.82) is 0 Å². The summed E-state index contributed by atoms with van der Waals surface area (Å²) in [5.74, 6) is -2.28. The SMILES string of the molecule is CCOC(=O)CC(NC(=O)CNC(=O)c1cccc(N=C(N)NC(=O)OCC)c1)c1cc(Cl)cc(Br)c1O. The predicted octanol–water partition coefficient (Wildman–Crippen LogP) is 3.04. The molecule has 0 saturated heterocycles. The molecule has 2 rings (SSSR count). The molecule has 0 radical (unpaired) electrons. The topological polar surface area (TPSA) is 181 Å². The maximum atomic E-state index is 12.7. The van der Waals surface area contributed by atoms with Crippen LogP contribution in [0, 0.1) is 0 Å². The Labute approximate surface area is 232 Å². The number of halogens is 2. The lowest BCUT2D eigenvalue weighted by atomic mass is 10.0. The van der Waals surface area contributed by atoms with Crippen LogP contribution < -0.4 is 21.7 Å². The number of ether oxygens (including phenoxy) is 2. The van der Waals surface area contributed by atoms with Gasteiger partial charge in [-0.05, 0) is 60.1 Å². The largest absolute Gasteiger partial charge is 0.506 e. The van der Waals surface area contributed by atoms with Gasteiger partial charge in [-0.15, -0.1) is 0 Å². The first-order valence-electron chi connectivity index (χ1n) is 11.3. The molecule has 0 saturated carbocycles. The van der Waals surface area contributed by atoms with Gasteiger partial charge in [0.2, 0.25) is 11.9 Å². The second kappa shape index (κ2) is 14.8. The lowest BCUT2D eigenvalue weighted by molar-refractivity contribution is -0.143. The Bertz CT molecular complexity index is 1220. The van der Waals surface area contributed by atoms with E-state index in [1.165, 1.54) is 24.3 Å². The van der Waals surface area contributed by atoms with Crippen LogP contribution in [0.15, 0.2) is 45.9 Å². The van der Waals surface area contributed by atoms with Crippen molar-refractivity contribution < 1.29 is 33.8 Å². The van der Waals surface area contributed by atoms with Crippen LogP contribution in [-0.2, 0) is 19.1 Å². The summed E-state index contributed by atoms with van der Waals surface area (Å²) < 4.78 is 9.96. The van der Waals surface area contributed by atoms with Crippen molar-refractivity contribution >= 4 is 63.1 Å².